The van der Waals surface area contributed by atoms with E-state index < -0.39 is 0 Å². The fraction of sp³-hybridized carbons (Fsp3) is 0.857. The summed E-state index contributed by atoms with van der Waals surface area (Å²) in [5.41, 5.74) is 0.0976. The summed E-state index contributed by atoms with van der Waals surface area (Å²) in [7, 11) is 0. The second-order valence-corrected chi connectivity index (χ2v) is 6.02. The summed E-state index contributed by atoms with van der Waals surface area (Å²) in [5, 5.41) is 5.40. The number of piperazine rings is 1. The van der Waals surface area contributed by atoms with Crippen LogP contribution in [0.5, 0.6) is 0 Å². The molecule has 1 unspecified atom stereocenters. The zero-order valence-electron chi connectivity index (χ0n) is 11.8. The first kappa shape index (κ1) is 15.0. The lowest BCUT2D eigenvalue weighted by Gasteiger charge is -2.31. The first-order valence-electron chi connectivity index (χ1n) is 7.02. The average Bonchev–Trinajstić information content (AvgIpc) is 2.29. The lowest BCUT2D eigenvalue weighted by molar-refractivity contribution is -0.134. The third kappa shape index (κ3) is 5.07. The maximum absolute atomic E-state index is 11.7. The molecule has 0 radical (unpaired) electrons. The van der Waals surface area contributed by atoms with E-state index in [0.29, 0.717) is 0 Å². The molecule has 1 aliphatic heterocycles. The van der Waals surface area contributed by atoms with Gasteiger partial charge in [-0.2, -0.15) is 0 Å². The van der Waals surface area contributed by atoms with Crippen LogP contribution in [-0.4, -0.2) is 24.4 Å². The van der Waals surface area contributed by atoms with Gasteiger partial charge >= 0.3 is 0 Å². The molecule has 4 heteroatoms. The minimum Gasteiger partial charge on any atom is -0.345 e. The minimum atomic E-state index is -0.354. The predicted octanol–water partition coefficient (Wildman–Crippen LogP) is 1.99. The van der Waals surface area contributed by atoms with Gasteiger partial charge in [0.05, 0.1) is 6.54 Å². The fourth-order valence-electron chi connectivity index (χ4n) is 2.43. The van der Waals surface area contributed by atoms with Crippen molar-refractivity contribution in [1.82, 2.24) is 10.6 Å². The van der Waals surface area contributed by atoms with Crippen LogP contribution in [0.3, 0.4) is 0 Å². The molecule has 0 saturated carbocycles. The normalized spacial score (nSPS) is 20.5. The number of rotatable bonds is 7. The van der Waals surface area contributed by atoms with E-state index in [2.05, 4.69) is 31.4 Å². The van der Waals surface area contributed by atoms with Crippen molar-refractivity contribution in [3.05, 3.63) is 0 Å². The van der Waals surface area contributed by atoms with Gasteiger partial charge in [0.15, 0.2) is 0 Å². The Balaban J connectivity index is 2.38. The van der Waals surface area contributed by atoms with Crippen LogP contribution in [0.15, 0.2) is 0 Å². The minimum absolute atomic E-state index is 0.0452. The van der Waals surface area contributed by atoms with Crippen molar-refractivity contribution < 1.29 is 9.59 Å². The molecule has 1 rings (SSSR count). The van der Waals surface area contributed by atoms with E-state index in [4.69, 9.17) is 0 Å². The van der Waals surface area contributed by atoms with E-state index in [0.717, 1.165) is 12.8 Å². The maximum Gasteiger partial charge on any atom is 0.243 e. The van der Waals surface area contributed by atoms with Crippen molar-refractivity contribution in [2.24, 2.45) is 5.41 Å². The van der Waals surface area contributed by atoms with E-state index in [9.17, 15) is 9.59 Å². The molecule has 104 valence electrons. The molecule has 0 bridgehead atoms. The molecule has 1 heterocycles. The van der Waals surface area contributed by atoms with Gasteiger partial charge in [-0.1, -0.05) is 46.5 Å². The molecule has 2 amide bonds. The maximum atomic E-state index is 11.7. The van der Waals surface area contributed by atoms with Gasteiger partial charge in [-0.05, 0) is 18.3 Å². The molecule has 18 heavy (non-hydrogen) atoms. The van der Waals surface area contributed by atoms with Gasteiger partial charge in [0.2, 0.25) is 11.8 Å². The van der Waals surface area contributed by atoms with Gasteiger partial charge in [0, 0.05) is 0 Å². The van der Waals surface area contributed by atoms with E-state index in [1.54, 1.807) is 0 Å². The number of carbonyl (C=O) groups excluding carboxylic acids is 2. The Labute approximate surface area is 110 Å². The Bertz CT molecular complexity index is 300. The summed E-state index contributed by atoms with van der Waals surface area (Å²) in [4.78, 5) is 22.9. The monoisotopic (exact) mass is 254 g/mol. The number of carbonyl (C=O) groups is 2. The zero-order valence-corrected chi connectivity index (χ0v) is 11.8. The third-order valence-electron chi connectivity index (χ3n) is 3.54. The molecule has 2 N–H and O–H groups in total. The molecule has 0 aromatic carbocycles. The van der Waals surface area contributed by atoms with Crippen LogP contribution in [0.2, 0.25) is 0 Å². The van der Waals surface area contributed by atoms with Crippen molar-refractivity contribution in [1.29, 1.82) is 0 Å². The van der Waals surface area contributed by atoms with E-state index in [1.807, 2.05) is 0 Å². The van der Waals surface area contributed by atoms with Crippen LogP contribution in [0.25, 0.3) is 0 Å². The quantitative estimate of drug-likeness (QED) is 0.683. The summed E-state index contributed by atoms with van der Waals surface area (Å²) in [6.07, 6.45) is 6.79. The summed E-state index contributed by atoms with van der Waals surface area (Å²) in [6, 6.07) is -0.354. The van der Waals surface area contributed by atoms with Crippen LogP contribution in [0.4, 0.5) is 0 Å². The average molecular weight is 254 g/mol. The number of hydrogen-bond acceptors (Lipinski definition) is 2. The summed E-state index contributed by atoms with van der Waals surface area (Å²) in [5.74, 6) is -0.127. The highest BCUT2D eigenvalue weighted by Crippen LogP contribution is 2.29. The molecular formula is C14H26N2O2. The Morgan fingerprint density at radius 2 is 1.94 bits per heavy atom. The van der Waals surface area contributed by atoms with Crippen molar-refractivity contribution in [2.75, 3.05) is 6.54 Å². The molecule has 1 fully saturated rings. The molecule has 1 atom stereocenters. The van der Waals surface area contributed by atoms with Crippen LogP contribution < -0.4 is 10.6 Å². The number of nitrogens with one attached hydrogen (secondary N) is 2. The number of unbranched alkanes of at least 4 members (excludes halogenated alkanes) is 3. The predicted molar refractivity (Wildman–Crippen MR) is 72.1 cm³/mol. The van der Waals surface area contributed by atoms with E-state index in [1.165, 1.54) is 25.7 Å². The largest absolute Gasteiger partial charge is 0.345 e. The highest BCUT2D eigenvalue weighted by atomic mass is 16.2. The number of hydrogen-bond donors (Lipinski definition) is 2. The van der Waals surface area contributed by atoms with Crippen LogP contribution >= 0.6 is 0 Å². The van der Waals surface area contributed by atoms with Gasteiger partial charge < -0.3 is 10.6 Å². The molecular weight excluding hydrogens is 228 g/mol. The lowest BCUT2D eigenvalue weighted by atomic mass is 9.80. The summed E-state index contributed by atoms with van der Waals surface area (Å²) >= 11 is 0. The van der Waals surface area contributed by atoms with Crippen LogP contribution in [-0.2, 0) is 9.59 Å². The Kier molecular flexibility index (Phi) is 5.63. The fourth-order valence-corrected chi connectivity index (χ4v) is 2.43. The van der Waals surface area contributed by atoms with Gasteiger partial charge in [-0.15, -0.1) is 0 Å². The summed E-state index contributed by atoms with van der Waals surface area (Å²) < 4.78 is 0. The SMILES string of the molecule is CCCCCCC(C)(C)CC1NC(=O)CNC1=O. The van der Waals surface area contributed by atoms with Crippen molar-refractivity contribution >= 4 is 11.8 Å². The first-order chi connectivity index (χ1) is 8.44. The standard InChI is InChI=1S/C14H26N2O2/c1-4-5-6-7-8-14(2,3)9-11-13(18)15-10-12(17)16-11/h11H,4-10H2,1-3H3,(H,15,18)(H,16,17). The zero-order chi connectivity index (χ0) is 13.6. The van der Waals surface area contributed by atoms with E-state index in [-0.39, 0.29) is 29.8 Å². The van der Waals surface area contributed by atoms with Crippen molar-refractivity contribution in [2.45, 2.75) is 65.3 Å². The molecule has 0 aromatic rings. The van der Waals surface area contributed by atoms with Crippen LogP contribution in [0.1, 0.15) is 59.3 Å². The lowest BCUT2D eigenvalue weighted by Crippen LogP contribution is -2.57. The molecule has 0 aromatic heterocycles. The molecule has 1 saturated heterocycles. The molecule has 0 spiro atoms. The van der Waals surface area contributed by atoms with Gasteiger partial charge in [-0.25, -0.2) is 0 Å². The number of amides is 2. The van der Waals surface area contributed by atoms with Gasteiger partial charge in [0.1, 0.15) is 6.04 Å². The highest BCUT2D eigenvalue weighted by Gasteiger charge is 2.31. The Morgan fingerprint density at radius 1 is 1.22 bits per heavy atom. The van der Waals surface area contributed by atoms with Gasteiger partial charge in [-0.3, -0.25) is 9.59 Å². The first-order valence-corrected chi connectivity index (χ1v) is 7.02. The topological polar surface area (TPSA) is 58.2 Å². The summed E-state index contributed by atoms with van der Waals surface area (Å²) in [6.45, 7) is 6.67. The van der Waals surface area contributed by atoms with Gasteiger partial charge in [0.25, 0.3) is 0 Å². The Morgan fingerprint density at radius 3 is 2.61 bits per heavy atom. The van der Waals surface area contributed by atoms with Crippen molar-refractivity contribution in [3.63, 3.8) is 0 Å². The second-order valence-electron chi connectivity index (χ2n) is 6.02. The van der Waals surface area contributed by atoms with E-state index >= 15 is 0 Å². The second kappa shape index (κ2) is 6.76. The molecule has 1 aliphatic rings. The highest BCUT2D eigenvalue weighted by molar-refractivity contribution is 5.94. The third-order valence-corrected chi connectivity index (χ3v) is 3.54. The Hall–Kier alpha value is -1.06. The smallest absolute Gasteiger partial charge is 0.243 e. The molecule has 4 nitrogen and oxygen atoms in total. The molecule has 0 aliphatic carbocycles. The van der Waals surface area contributed by atoms with Crippen LogP contribution in [0, 0.1) is 5.41 Å². The van der Waals surface area contributed by atoms with Crippen molar-refractivity contribution in [3.8, 4) is 0 Å².